The molecule has 8 heteroatoms. The van der Waals surface area contributed by atoms with Crippen molar-refractivity contribution in [3.63, 3.8) is 0 Å². The van der Waals surface area contributed by atoms with E-state index in [4.69, 9.17) is 4.74 Å². The highest BCUT2D eigenvalue weighted by Gasteiger charge is 2.42. The summed E-state index contributed by atoms with van der Waals surface area (Å²) in [5.74, 6) is -1.04. The Hall–Kier alpha value is -2.66. The number of thioether (sulfide) groups is 1. The normalized spacial score (nSPS) is 17.2. The van der Waals surface area contributed by atoms with E-state index < -0.39 is 12.1 Å². The zero-order chi connectivity index (χ0) is 27.4. The molecule has 202 valence electrons. The van der Waals surface area contributed by atoms with Crippen molar-refractivity contribution >= 4 is 17.4 Å². The van der Waals surface area contributed by atoms with E-state index >= 15 is 0 Å². The number of rotatable bonds is 6. The van der Waals surface area contributed by atoms with Crippen LogP contribution in [0.25, 0.3) is 16.9 Å². The summed E-state index contributed by atoms with van der Waals surface area (Å²) < 4.78 is 47.4. The van der Waals surface area contributed by atoms with Gasteiger partial charge in [-0.15, -0.1) is 11.8 Å². The average molecular weight is 534 g/mol. The number of nitrogens with zero attached hydrogens (tertiary/aromatic N) is 3. The molecule has 0 saturated heterocycles. The van der Waals surface area contributed by atoms with Gasteiger partial charge in [0, 0.05) is 16.7 Å². The molecule has 0 aliphatic heterocycles. The zero-order valence-corrected chi connectivity index (χ0v) is 23.3. The molecule has 0 radical (unpaired) electrons. The third-order valence-electron chi connectivity index (χ3n) is 6.33. The number of aromatic nitrogens is 2. The first kappa shape index (κ1) is 30.6. The number of nitriles is 1. The molecule has 3 aromatic rings. The summed E-state index contributed by atoms with van der Waals surface area (Å²) in [5, 5.41) is 9.70. The summed E-state index contributed by atoms with van der Waals surface area (Å²) in [6, 6.07) is 11.6. The van der Waals surface area contributed by atoms with Gasteiger partial charge in [0.1, 0.15) is 23.0 Å². The van der Waals surface area contributed by atoms with Gasteiger partial charge < -0.3 is 4.74 Å². The Morgan fingerprint density at radius 2 is 1.89 bits per heavy atom. The minimum absolute atomic E-state index is 0.0771. The summed E-state index contributed by atoms with van der Waals surface area (Å²) in [6.07, 6.45) is 5.54. The van der Waals surface area contributed by atoms with Crippen molar-refractivity contribution in [2.75, 3.05) is 12.9 Å². The highest BCUT2D eigenvalue weighted by atomic mass is 32.2. The van der Waals surface area contributed by atoms with E-state index in [0.29, 0.717) is 24.2 Å². The highest BCUT2D eigenvalue weighted by molar-refractivity contribution is 7.98. The van der Waals surface area contributed by atoms with Gasteiger partial charge in [0.2, 0.25) is 0 Å². The first-order valence-electron chi connectivity index (χ1n) is 13.1. The molecule has 4 nitrogen and oxygen atoms in total. The lowest BCUT2D eigenvalue weighted by Gasteiger charge is -2.30. The second kappa shape index (κ2) is 14.9. The van der Waals surface area contributed by atoms with E-state index in [1.807, 2.05) is 55.0 Å². The van der Waals surface area contributed by atoms with Crippen molar-refractivity contribution < 1.29 is 17.9 Å². The summed E-state index contributed by atoms with van der Waals surface area (Å²) in [7, 11) is 0. The zero-order valence-electron chi connectivity index (χ0n) is 22.4. The number of fused-ring (bicyclic) bond motifs is 1. The number of benzene rings is 1. The smallest absolute Gasteiger partial charge is 0.391 e. The van der Waals surface area contributed by atoms with Crippen LogP contribution in [0.2, 0.25) is 0 Å². The van der Waals surface area contributed by atoms with Gasteiger partial charge in [-0.2, -0.15) is 18.4 Å². The molecule has 1 saturated carbocycles. The quantitative estimate of drug-likeness (QED) is 0.296. The van der Waals surface area contributed by atoms with Crippen LogP contribution in [0, 0.1) is 23.2 Å². The maximum Gasteiger partial charge on any atom is 0.391 e. The second-order valence-electron chi connectivity index (χ2n) is 8.82. The van der Waals surface area contributed by atoms with Crippen molar-refractivity contribution in [2.45, 2.75) is 77.3 Å². The van der Waals surface area contributed by atoms with Crippen LogP contribution in [0.15, 0.2) is 47.6 Å². The fourth-order valence-electron chi connectivity index (χ4n) is 4.22. The van der Waals surface area contributed by atoms with Crippen molar-refractivity contribution in [3.8, 4) is 23.1 Å². The molecule has 4 rings (SSSR count). The van der Waals surface area contributed by atoms with Gasteiger partial charge >= 0.3 is 6.18 Å². The van der Waals surface area contributed by atoms with Crippen molar-refractivity contribution in [1.29, 1.82) is 5.26 Å². The third-order valence-corrected chi connectivity index (χ3v) is 7.09. The van der Waals surface area contributed by atoms with Gasteiger partial charge in [-0.1, -0.05) is 53.0 Å². The molecule has 0 spiro atoms. The first-order chi connectivity index (χ1) is 17.8. The SMILES string of the molecule is CC.CCCC.CSc1cc(-c2cnc3ccccn23)cc(OCC2CCCC(C(F)(F)F)C2)c1C#N. The molecule has 37 heavy (non-hydrogen) atoms. The van der Waals surface area contributed by atoms with Crippen LogP contribution in [-0.2, 0) is 0 Å². The number of hydrogen-bond acceptors (Lipinski definition) is 4. The number of imidazole rings is 1. The van der Waals surface area contributed by atoms with Crippen LogP contribution in [0.5, 0.6) is 5.75 Å². The summed E-state index contributed by atoms with van der Waals surface area (Å²) in [4.78, 5) is 5.18. The molecular formula is C29H38F3N3OS. The number of unbranched alkanes of at least 4 members (excludes halogenated alkanes) is 1. The second-order valence-corrected chi connectivity index (χ2v) is 9.67. The lowest BCUT2D eigenvalue weighted by atomic mass is 9.81. The molecule has 1 aliphatic rings. The average Bonchev–Trinajstić information content (AvgIpc) is 3.36. The van der Waals surface area contributed by atoms with Gasteiger partial charge in [-0.3, -0.25) is 4.40 Å². The number of ether oxygens (including phenoxy) is 1. The molecular weight excluding hydrogens is 495 g/mol. The van der Waals surface area contributed by atoms with Crippen molar-refractivity contribution in [3.05, 3.63) is 48.3 Å². The largest absolute Gasteiger partial charge is 0.492 e. The lowest BCUT2D eigenvalue weighted by molar-refractivity contribution is -0.186. The van der Waals surface area contributed by atoms with E-state index in [9.17, 15) is 18.4 Å². The van der Waals surface area contributed by atoms with Gasteiger partial charge in [0.15, 0.2) is 0 Å². The minimum Gasteiger partial charge on any atom is -0.492 e. The van der Waals surface area contributed by atoms with Gasteiger partial charge in [-0.25, -0.2) is 4.98 Å². The third kappa shape index (κ3) is 8.16. The summed E-state index contributed by atoms with van der Waals surface area (Å²) in [5.41, 5.74) is 2.91. The number of alkyl halides is 3. The lowest BCUT2D eigenvalue weighted by Crippen LogP contribution is -2.30. The summed E-state index contributed by atoms with van der Waals surface area (Å²) >= 11 is 1.44. The van der Waals surface area contributed by atoms with Crippen LogP contribution >= 0.6 is 11.8 Å². The Bertz CT molecular complexity index is 1150. The van der Waals surface area contributed by atoms with Gasteiger partial charge in [0.25, 0.3) is 0 Å². The maximum atomic E-state index is 13.1. The minimum atomic E-state index is -4.16. The fraction of sp³-hybridized carbons (Fsp3) is 0.517. The van der Waals surface area contributed by atoms with E-state index in [0.717, 1.165) is 21.8 Å². The Morgan fingerprint density at radius 3 is 2.51 bits per heavy atom. The van der Waals surface area contributed by atoms with Crippen molar-refractivity contribution in [2.24, 2.45) is 11.8 Å². The van der Waals surface area contributed by atoms with E-state index in [1.165, 1.54) is 24.6 Å². The monoisotopic (exact) mass is 533 g/mol. The molecule has 1 aromatic carbocycles. The standard InChI is InChI=1S/C23H22F3N3OS.C4H10.C2H6/c1-31-21-11-16(19-13-28-22-7-2-3-8-29(19)22)10-20(18(21)12-27)30-14-15-5-4-6-17(9-15)23(24,25)26;1-3-4-2;1-2/h2-3,7-8,10-11,13,15,17H,4-6,9,14H2,1H3;3-4H2,1-2H3;1-2H3. The van der Waals surface area contributed by atoms with Crippen LogP contribution < -0.4 is 4.74 Å². The molecule has 2 heterocycles. The molecule has 0 N–H and O–H groups in total. The van der Waals surface area contributed by atoms with E-state index in [2.05, 4.69) is 24.9 Å². The molecule has 2 unspecified atom stereocenters. The van der Waals surface area contributed by atoms with E-state index in [1.54, 1.807) is 12.3 Å². The first-order valence-corrected chi connectivity index (χ1v) is 14.3. The van der Waals surface area contributed by atoms with Gasteiger partial charge in [-0.05, 0) is 55.7 Å². The molecule has 0 bridgehead atoms. The van der Waals surface area contributed by atoms with Gasteiger partial charge in [0.05, 0.1) is 24.4 Å². The fourth-order valence-corrected chi connectivity index (χ4v) is 4.81. The van der Waals surface area contributed by atoms with Crippen LogP contribution in [0.4, 0.5) is 13.2 Å². The Labute approximate surface area is 223 Å². The maximum absolute atomic E-state index is 13.1. The molecule has 2 atom stereocenters. The Morgan fingerprint density at radius 1 is 1.16 bits per heavy atom. The predicted molar refractivity (Wildman–Crippen MR) is 146 cm³/mol. The predicted octanol–water partition coefficient (Wildman–Crippen LogP) is 9.17. The van der Waals surface area contributed by atoms with E-state index in [-0.39, 0.29) is 25.4 Å². The Balaban J connectivity index is 0.000000733. The highest BCUT2D eigenvalue weighted by Crippen LogP contribution is 2.41. The molecule has 2 aromatic heterocycles. The Kier molecular flexibility index (Phi) is 12.3. The molecule has 1 aliphatic carbocycles. The number of halogens is 3. The molecule has 0 amide bonds. The summed E-state index contributed by atoms with van der Waals surface area (Å²) in [6.45, 7) is 8.53. The van der Waals surface area contributed by atoms with Crippen molar-refractivity contribution in [1.82, 2.24) is 9.38 Å². The number of hydrogen-bond donors (Lipinski definition) is 0. The van der Waals surface area contributed by atoms with Crippen LogP contribution in [0.3, 0.4) is 0 Å². The van der Waals surface area contributed by atoms with Crippen LogP contribution in [-0.4, -0.2) is 28.4 Å². The number of pyridine rings is 1. The molecule has 1 fully saturated rings. The van der Waals surface area contributed by atoms with Crippen LogP contribution in [0.1, 0.15) is 71.8 Å². The topological polar surface area (TPSA) is 50.3 Å².